The smallest absolute Gasteiger partial charge is 0.193 e. The summed E-state index contributed by atoms with van der Waals surface area (Å²) in [5.41, 5.74) is 1.59. The highest BCUT2D eigenvalue weighted by Gasteiger charge is 2.32. The molecule has 0 saturated heterocycles. The molecular weight excluding hydrogens is 256 g/mol. The molecule has 0 saturated carbocycles. The van der Waals surface area contributed by atoms with Crippen molar-refractivity contribution in [2.75, 3.05) is 0 Å². The molecule has 1 aliphatic rings. The van der Waals surface area contributed by atoms with Crippen molar-refractivity contribution >= 4 is 11.6 Å². The first-order chi connectivity index (χ1) is 9.25. The van der Waals surface area contributed by atoms with E-state index in [4.69, 9.17) is 4.74 Å². The lowest BCUT2D eigenvalue weighted by molar-refractivity contribution is 0.0971. The molecule has 106 valence electrons. The van der Waals surface area contributed by atoms with Crippen LogP contribution in [0.25, 0.3) is 0 Å². The molecular formula is C16H18O4. The topological polar surface area (TPSA) is 63.6 Å². The number of fused-ring (bicyclic) bond motifs is 1. The van der Waals surface area contributed by atoms with Crippen LogP contribution in [0.1, 0.15) is 54.0 Å². The minimum Gasteiger partial charge on any atom is -0.507 e. The van der Waals surface area contributed by atoms with Gasteiger partial charge in [-0.3, -0.25) is 9.59 Å². The standard InChI is InChI=1S/C16H18O4/c1-7(2)20-12-6-11-13(16(19)10(12)5)15(18)9(4)8(3)14(11)17/h6-7,19H,1-5H3. The van der Waals surface area contributed by atoms with Gasteiger partial charge in [-0.15, -0.1) is 0 Å². The Labute approximate surface area is 118 Å². The number of carbonyl (C=O) groups excluding carboxylic acids is 2. The van der Waals surface area contributed by atoms with Crippen LogP contribution in [-0.2, 0) is 0 Å². The van der Waals surface area contributed by atoms with E-state index in [1.807, 2.05) is 13.8 Å². The molecule has 1 aromatic carbocycles. The minimum atomic E-state index is -0.297. The van der Waals surface area contributed by atoms with Gasteiger partial charge in [0.2, 0.25) is 0 Å². The van der Waals surface area contributed by atoms with Crippen LogP contribution in [0.5, 0.6) is 11.5 Å². The third-order valence-electron chi connectivity index (χ3n) is 3.58. The number of phenolic OH excluding ortho intramolecular Hbond substituents is 1. The second-order valence-electron chi connectivity index (χ2n) is 5.35. The Morgan fingerprint density at radius 3 is 2.15 bits per heavy atom. The van der Waals surface area contributed by atoms with Crippen LogP contribution < -0.4 is 4.74 Å². The Balaban J connectivity index is 2.72. The van der Waals surface area contributed by atoms with Crippen molar-refractivity contribution in [3.05, 3.63) is 33.9 Å². The molecule has 0 radical (unpaired) electrons. The Morgan fingerprint density at radius 1 is 1.05 bits per heavy atom. The number of Topliss-reactive ketones (excluding diaryl/α,β-unsaturated/α-hetero) is 2. The van der Waals surface area contributed by atoms with Gasteiger partial charge in [0.05, 0.1) is 11.7 Å². The number of aromatic hydroxyl groups is 1. The number of phenols is 1. The molecule has 0 unspecified atom stereocenters. The zero-order chi connectivity index (χ0) is 15.2. The van der Waals surface area contributed by atoms with E-state index in [-0.39, 0.29) is 34.5 Å². The highest BCUT2D eigenvalue weighted by molar-refractivity contribution is 6.27. The fourth-order valence-electron chi connectivity index (χ4n) is 2.26. The van der Waals surface area contributed by atoms with Crippen molar-refractivity contribution in [1.82, 2.24) is 0 Å². The first kappa shape index (κ1) is 14.3. The lowest BCUT2D eigenvalue weighted by Gasteiger charge is -2.21. The Hall–Kier alpha value is -2.10. The number of allylic oxidation sites excluding steroid dienone is 2. The lowest BCUT2D eigenvalue weighted by Crippen LogP contribution is -2.21. The fourth-order valence-corrected chi connectivity index (χ4v) is 2.26. The van der Waals surface area contributed by atoms with Crippen LogP contribution in [0.4, 0.5) is 0 Å². The number of ketones is 2. The van der Waals surface area contributed by atoms with Crippen LogP contribution in [0.15, 0.2) is 17.2 Å². The fraction of sp³-hybridized carbons (Fsp3) is 0.375. The van der Waals surface area contributed by atoms with Gasteiger partial charge in [0.1, 0.15) is 11.5 Å². The third-order valence-corrected chi connectivity index (χ3v) is 3.58. The van der Waals surface area contributed by atoms with Crippen molar-refractivity contribution < 1.29 is 19.4 Å². The first-order valence-electron chi connectivity index (χ1n) is 6.55. The maximum atomic E-state index is 12.3. The number of rotatable bonds is 2. The molecule has 2 rings (SSSR count). The number of ether oxygens (including phenoxy) is 1. The van der Waals surface area contributed by atoms with Crippen LogP contribution in [0.2, 0.25) is 0 Å². The Morgan fingerprint density at radius 2 is 1.60 bits per heavy atom. The average molecular weight is 274 g/mol. The molecule has 0 aromatic heterocycles. The van der Waals surface area contributed by atoms with Crippen molar-refractivity contribution in [3.8, 4) is 11.5 Å². The molecule has 1 N–H and O–H groups in total. The molecule has 0 heterocycles. The largest absolute Gasteiger partial charge is 0.507 e. The number of benzene rings is 1. The predicted octanol–water partition coefficient (Wildman–Crippen LogP) is 3.20. The van der Waals surface area contributed by atoms with E-state index < -0.39 is 0 Å². The molecule has 0 aliphatic heterocycles. The molecule has 0 spiro atoms. The summed E-state index contributed by atoms with van der Waals surface area (Å²) in [6, 6.07) is 1.56. The maximum Gasteiger partial charge on any atom is 0.193 e. The Kier molecular flexibility index (Phi) is 3.42. The van der Waals surface area contributed by atoms with Gasteiger partial charge in [0.25, 0.3) is 0 Å². The molecule has 0 bridgehead atoms. The summed E-state index contributed by atoms with van der Waals surface area (Å²) >= 11 is 0. The summed E-state index contributed by atoms with van der Waals surface area (Å²) in [7, 11) is 0. The first-order valence-corrected chi connectivity index (χ1v) is 6.55. The summed E-state index contributed by atoms with van der Waals surface area (Å²) in [6.45, 7) is 8.62. The van der Waals surface area contributed by atoms with E-state index in [1.165, 1.54) is 0 Å². The molecule has 1 aromatic rings. The van der Waals surface area contributed by atoms with Gasteiger partial charge in [-0.1, -0.05) is 0 Å². The predicted molar refractivity (Wildman–Crippen MR) is 75.6 cm³/mol. The van der Waals surface area contributed by atoms with E-state index in [0.717, 1.165) is 0 Å². The van der Waals surface area contributed by atoms with E-state index in [2.05, 4.69) is 0 Å². The lowest BCUT2D eigenvalue weighted by atomic mass is 9.83. The highest BCUT2D eigenvalue weighted by Crippen LogP contribution is 2.39. The van der Waals surface area contributed by atoms with Crippen LogP contribution in [0, 0.1) is 6.92 Å². The molecule has 0 atom stereocenters. The molecule has 4 nitrogen and oxygen atoms in total. The van der Waals surface area contributed by atoms with Gasteiger partial charge < -0.3 is 9.84 Å². The molecule has 4 heteroatoms. The van der Waals surface area contributed by atoms with Gasteiger partial charge >= 0.3 is 0 Å². The Bertz CT molecular complexity index is 651. The van der Waals surface area contributed by atoms with Gasteiger partial charge in [-0.2, -0.15) is 0 Å². The highest BCUT2D eigenvalue weighted by atomic mass is 16.5. The van der Waals surface area contributed by atoms with E-state index in [9.17, 15) is 14.7 Å². The summed E-state index contributed by atoms with van der Waals surface area (Å²) < 4.78 is 5.60. The quantitative estimate of drug-likeness (QED) is 0.899. The summed E-state index contributed by atoms with van der Waals surface area (Å²) in [5.74, 6) is -0.261. The molecule has 0 amide bonds. The normalized spacial score (nSPS) is 14.9. The van der Waals surface area contributed by atoms with E-state index in [0.29, 0.717) is 22.5 Å². The van der Waals surface area contributed by atoms with Crippen molar-refractivity contribution in [2.45, 2.75) is 40.7 Å². The molecule has 20 heavy (non-hydrogen) atoms. The van der Waals surface area contributed by atoms with Crippen LogP contribution in [-0.4, -0.2) is 22.8 Å². The van der Waals surface area contributed by atoms with E-state index >= 15 is 0 Å². The van der Waals surface area contributed by atoms with Gasteiger partial charge in [0.15, 0.2) is 11.6 Å². The zero-order valence-corrected chi connectivity index (χ0v) is 12.3. The van der Waals surface area contributed by atoms with Crippen LogP contribution >= 0.6 is 0 Å². The van der Waals surface area contributed by atoms with Gasteiger partial charge in [-0.05, 0) is 40.7 Å². The number of hydrogen-bond acceptors (Lipinski definition) is 4. The van der Waals surface area contributed by atoms with Crippen LogP contribution in [0.3, 0.4) is 0 Å². The summed E-state index contributed by atoms with van der Waals surface area (Å²) in [5, 5.41) is 10.3. The molecule has 1 aliphatic carbocycles. The van der Waals surface area contributed by atoms with Crippen molar-refractivity contribution in [2.24, 2.45) is 0 Å². The maximum absolute atomic E-state index is 12.3. The van der Waals surface area contributed by atoms with E-state index in [1.54, 1.807) is 26.8 Å². The average Bonchev–Trinajstić information content (AvgIpc) is 2.38. The van der Waals surface area contributed by atoms with Crippen molar-refractivity contribution in [1.29, 1.82) is 0 Å². The second kappa shape index (κ2) is 4.78. The number of carbonyl (C=O) groups is 2. The minimum absolute atomic E-state index is 0.0843. The van der Waals surface area contributed by atoms with Crippen molar-refractivity contribution in [3.63, 3.8) is 0 Å². The molecule has 0 fully saturated rings. The van der Waals surface area contributed by atoms with Gasteiger partial charge in [0, 0.05) is 22.3 Å². The summed E-state index contributed by atoms with van der Waals surface area (Å²) in [6.07, 6.45) is -0.0843. The van der Waals surface area contributed by atoms with Gasteiger partial charge in [-0.25, -0.2) is 0 Å². The number of hydrogen-bond donors (Lipinski definition) is 1. The monoisotopic (exact) mass is 274 g/mol. The second-order valence-corrected chi connectivity index (χ2v) is 5.35. The SMILES string of the molecule is CC1=C(C)C(=O)c2c(cc(OC(C)C)c(C)c2O)C1=O. The third kappa shape index (κ3) is 2.01. The summed E-state index contributed by atoms with van der Waals surface area (Å²) in [4.78, 5) is 24.6. The zero-order valence-electron chi connectivity index (χ0n) is 12.3.